The van der Waals surface area contributed by atoms with Crippen molar-refractivity contribution in [3.8, 4) is 5.75 Å². The van der Waals surface area contributed by atoms with Crippen LogP contribution in [0.3, 0.4) is 0 Å². The molecule has 3 rings (SSSR count). The molecule has 0 saturated carbocycles. The molecule has 0 bridgehead atoms. The summed E-state index contributed by atoms with van der Waals surface area (Å²) in [6.07, 6.45) is 4.05. The van der Waals surface area contributed by atoms with Gasteiger partial charge in [-0.3, -0.25) is 4.79 Å². The summed E-state index contributed by atoms with van der Waals surface area (Å²) < 4.78 is 5.96. The Morgan fingerprint density at radius 1 is 1.09 bits per heavy atom. The van der Waals surface area contributed by atoms with Crippen molar-refractivity contribution in [1.29, 1.82) is 0 Å². The zero-order valence-corrected chi connectivity index (χ0v) is 13.8. The lowest BCUT2D eigenvalue weighted by Gasteiger charge is -2.22. The molecule has 0 fully saturated rings. The highest BCUT2D eigenvalue weighted by Gasteiger charge is 2.19. The molecule has 120 valence electrons. The SMILES string of the molecule is Cc1ccc(NC(=O)C(C)Oc2cccc3c2CCCC3)cc1. The zero-order chi connectivity index (χ0) is 16.2. The summed E-state index contributed by atoms with van der Waals surface area (Å²) in [5.41, 5.74) is 4.60. The van der Waals surface area contributed by atoms with Crippen LogP contribution in [0.5, 0.6) is 5.75 Å². The van der Waals surface area contributed by atoms with E-state index in [1.54, 1.807) is 6.92 Å². The average molecular weight is 309 g/mol. The Bertz CT molecular complexity index is 691. The van der Waals surface area contributed by atoms with E-state index in [2.05, 4.69) is 11.4 Å². The van der Waals surface area contributed by atoms with Crippen molar-refractivity contribution < 1.29 is 9.53 Å². The molecule has 2 aromatic rings. The van der Waals surface area contributed by atoms with Crippen molar-refractivity contribution in [3.63, 3.8) is 0 Å². The first-order valence-corrected chi connectivity index (χ1v) is 8.28. The normalized spacial score (nSPS) is 14.7. The van der Waals surface area contributed by atoms with Crippen LogP contribution in [0.2, 0.25) is 0 Å². The summed E-state index contributed by atoms with van der Waals surface area (Å²) in [4.78, 5) is 12.3. The second-order valence-corrected chi connectivity index (χ2v) is 6.22. The number of carbonyl (C=O) groups excluding carboxylic acids is 1. The summed E-state index contributed by atoms with van der Waals surface area (Å²) in [6, 6.07) is 13.9. The second kappa shape index (κ2) is 6.86. The molecule has 1 atom stereocenters. The minimum Gasteiger partial charge on any atom is -0.481 e. The van der Waals surface area contributed by atoms with Crippen LogP contribution in [0.15, 0.2) is 42.5 Å². The van der Waals surface area contributed by atoms with Gasteiger partial charge in [-0.2, -0.15) is 0 Å². The summed E-state index contributed by atoms with van der Waals surface area (Å²) in [5, 5.41) is 2.91. The molecular formula is C20H23NO2. The molecular weight excluding hydrogens is 286 g/mol. The van der Waals surface area contributed by atoms with Crippen molar-refractivity contribution in [2.24, 2.45) is 0 Å². The number of rotatable bonds is 4. The number of hydrogen-bond donors (Lipinski definition) is 1. The van der Waals surface area contributed by atoms with Gasteiger partial charge in [-0.25, -0.2) is 0 Å². The molecule has 2 aromatic carbocycles. The van der Waals surface area contributed by atoms with E-state index >= 15 is 0 Å². The van der Waals surface area contributed by atoms with E-state index < -0.39 is 6.10 Å². The van der Waals surface area contributed by atoms with Crippen LogP contribution in [0.25, 0.3) is 0 Å². The molecule has 1 unspecified atom stereocenters. The van der Waals surface area contributed by atoms with Crippen LogP contribution < -0.4 is 10.1 Å². The van der Waals surface area contributed by atoms with E-state index in [1.165, 1.54) is 29.5 Å². The quantitative estimate of drug-likeness (QED) is 0.915. The van der Waals surface area contributed by atoms with Crippen LogP contribution in [0, 0.1) is 6.92 Å². The molecule has 3 nitrogen and oxygen atoms in total. The van der Waals surface area contributed by atoms with Crippen LogP contribution in [0.1, 0.15) is 36.5 Å². The number of ether oxygens (including phenoxy) is 1. The molecule has 1 aliphatic rings. The topological polar surface area (TPSA) is 38.3 Å². The van der Waals surface area contributed by atoms with Gasteiger partial charge in [-0.15, -0.1) is 0 Å². The number of nitrogens with one attached hydrogen (secondary N) is 1. The number of amides is 1. The van der Waals surface area contributed by atoms with Gasteiger partial charge in [-0.05, 0) is 68.9 Å². The summed E-state index contributed by atoms with van der Waals surface area (Å²) in [5.74, 6) is 0.732. The maximum atomic E-state index is 12.3. The van der Waals surface area contributed by atoms with Gasteiger partial charge in [0, 0.05) is 5.69 Å². The Balaban J connectivity index is 1.68. The van der Waals surface area contributed by atoms with Gasteiger partial charge >= 0.3 is 0 Å². The van der Waals surface area contributed by atoms with E-state index in [0.717, 1.165) is 24.3 Å². The number of anilines is 1. The smallest absolute Gasteiger partial charge is 0.265 e. The summed E-state index contributed by atoms with van der Waals surface area (Å²) in [7, 11) is 0. The summed E-state index contributed by atoms with van der Waals surface area (Å²) in [6.45, 7) is 3.82. The minimum atomic E-state index is -0.523. The third-order valence-corrected chi connectivity index (χ3v) is 4.35. The van der Waals surface area contributed by atoms with E-state index in [0.29, 0.717) is 0 Å². The van der Waals surface area contributed by atoms with Crippen molar-refractivity contribution in [2.75, 3.05) is 5.32 Å². The van der Waals surface area contributed by atoms with Gasteiger partial charge in [0.05, 0.1) is 0 Å². The molecule has 3 heteroatoms. The first-order valence-electron chi connectivity index (χ1n) is 8.28. The number of benzene rings is 2. The van der Waals surface area contributed by atoms with E-state index in [9.17, 15) is 4.79 Å². The fraction of sp³-hybridized carbons (Fsp3) is 0.350. The van der Waals surface area contributed by atoms with Crippen molar-refractivity contribution in [1.82, 2.24) is 0 Å². The molecule has 1 amide bonds. The highest BCUT2D eigenvalue weighted by molar-refractivity contribution is 5.94. The van der Waals surface area contributed by atoms with Gasteiger partial charge in [0.25, 0.3) is 5.91 Å². The number of hydrogen-bond acceptors (Lipinski definition) is 2. The first-order chi connectivity index (χ1) is 11.1. The fourth-order valence-electron chi connectivity index (χ4n) is 2.98. The van der Waals surface area contributed by atoms with E-state index in [1.807, 2.05) is 43.3 Å². The minimum absolute atomic E-state index is 0.123. The maximum Gasteiger partial charge on any atom is 0.265 e. The third kappa shape index (κ3) is 3.73. The Kier molecular flexibility index (Phi) is 4.65. The molecule has 0 radical (unpaired) electrons. The predicted octanol–water partition coefficient (Wildman–Crippen LogP) is 4.28. The lowest BCUT2D eigenvalue weighted by Crippen LogP contribution is -2.30. The Morgan fingerprint density at radius 3 is 2.61 bits per heavy atom. The zero-order valence-electron chi connectivity index (χ0n) is 13.8. The predicted molar refractivity (Wildman–Crippen MR) is 93.0 cm³/mol. The molecule has 23 heavy (non-hydrogen) atoms. The van der Waals surface area contributed by atoms with Crippen LogP contribution >= 0.6 is 0 Å². The standard InChI is InChI=1S/C20H23NO2/c1-14-10-12-17(13-11-14)21-20(22)15(2)23-19-9-5-7-16-6-3-4-8-18(16)19/h5,7,9-13,15H,3-4,6,8H2,1-2H3,(H,21,22). The summed E-state index contributed by atoms with van der Waals surface area (Å²) >= 11 is 0. The average Bonchev–Trinajstić information content (AvgIpc) is 2.57. The molecule has 0 saturated heterocycles. The van der Waals surface area contributed by atoms with Gasteiger partial charge < -0.3 is 10.1 Å². The highest BCUT2D eigenvalue weighted by Crippen LogP contribution is 2.30. The number of carbonyl (C=O) groups is 1. The molecule has 0 spiro atoms. The van der Waals surface area contributed by atoms with Gasteiger partial charge in [-0.1, -0.05) is 29.8 Å². The number of fused-ring (bicyclic) bond motifs is 1. The van der Waals surface area contributed by atoms with Gasteiger partial charge in [0.2, 0.25) is 0 Å². The molecule has 0 heterocycles. The molecule has 1 aliphatic carbocycles. The lowest BCUT2D eigenvalue weighted by atomic mass is 9.91. The van der Waals surface area contributed by atoms with Crippen LogP contribution in [0.4, 0.5) is 5.69 Å². The van der Waals surface area contributed by atoms with Crippen LogP contribution in [-0.4, -0.2) is 12.0 Å². The number of aryl methyl sites for hydroxylation is 2. The van der Waals surface area contributed by atoms with Crippen LogP contribution in [-0.2, 0) is 17.6 Å². The first kappa shape index (κ1) is 15.6. The Morgan fingerprint density at radius 2 is 1.83 bits per heavy atom. The van der Waals surface area contributed by atoms with Crippen molar-refractivity contribution >= 4 is 11.6 Å². The molecule has 1 N–H and O–H groups in total. The van der Waals surface area contributed by atoms with Gasteiger partial charge in [0.15, 0.2) is 6.10 Å². The fourth-order valence-corrected chi connectivity index (χ4v) is 2.98. The van der Waals surface area contributed by atoms with Crippen molar-refractivity contribution in [2.45, 2.75) is 45.6 Å². The maximum absolute atomic E-state index is 12.3. The lowest BCUT2D eigenvalue weighted by molar-refractivity contribution is -0.122. The Hall–Kier alpha value is -2.29. The highest BCUT2D eigenvalue weighted by atomic mass is 16.5. The van der Waals surface area contributed by atoms with E-state index in [4.69, 9.17) is 4.74 Å². The second-order valence-electron chi connectivity index (χ2n) is 6.22. The molecule has 0 aromatic heterocycles. The monoisotopic (exact) mass is 309 g/mol. The van der Waals surface area contributed by atoms with Crippen molar-refractivity contribution in [3.05, 3.63) is 59.2 Å². The molecule has 0 aliphatic heterocycles. The third-order valence-electron chi connectivity index (χ3n) is 4.35. The van der Waals surface area contributed by atoms with E-state index in [-0.39, 0.29) is 5.91 Å². The largest absolute Gasteiger partial charge is 0.481 e. The van der Waals surface area contributed by atoms with Gasteiger partial charge in [0.1, 0.15) is 5.75 Å². The Labute approximate surface area is 137 Å².